The van der Waals surface area contributed by atoms with E-state index in [1.165, 1.54) is 18.2 Å². The van der Waals surface area contributed by atoms with Gasteiger partial charge < -0.3 is 49.3 Å². The lowest BCUT2D eigenvalue weighted by Crippen LogP contribution is -2.36. The minimum absolute atomic E-state index is 0.174. The maximum Gasteiger partial charge on any atom is 0.336 e. The summed E-state index contributed by atoms with van der Waals surface area (Å²) in [6, 6.07) is 9.27. The smallest absolute Gasteiger partial charge is 0.336 e. The molecule has 4 N–H and O–H groups in total. The maximum atomic E-state index is 11.6. The molecular weight excluding hydrogens is 620 g/mol. The molecule has 1 saturated heterocycles. The fourth-order valence-corrected chi connectivity index (χ4v) is 4.99. The van der Waals surface area contributed by atoms with Crippen molar-refractivity contribution in [2.75, 3.05) is 116 Å². The van der Waals surface area contributed by atoms with E-state index in [-0.39, 0.29) is 16.2 Å². The number of anilines is 2. The van der Waals surface area contributed by atoms with Gasteiger partial charge in [-0.15, -0.1) is 0 Å². The number of thiocarbonyl (C=S) groups is 1. The van der Waals surface area contributed by atoms with E-state index in [2.05, 4.69) is 20.4 Å². The van der Waals surface area contributed by atoms with Crippen LogP contribution in [0.1, 0.15) is 20.7 Å². The number of fused-ring (bicyclic) bond motifs is 18. The van der Waals surface area contributed by atoms with E-state index < -0.39 is 11.9 Å². The Kier molecular flexibility index (Phi) is 14.7. The van der Waals surface area contributed by atoms with E-state index in [0.717, 1.165) is 13.1 Å². The first-order chi connectivity index (χ1) is 22.4. The molecule has 3 aliphatic heterocycles. The lowest BCUT2D eigenvalue weighted by Gasteiger charge is -2.25. The van der Waals surface area contributed by atoms with Gasteiger partial charge in [-0.2, -0.15) is 0 Å². The lowest BCUT2D eigenvalue weighted by molar-refractivity contribution is 0.00506. The van der Waals surface area contributed by atoms with Gasteiger partial charge in [0.25, 0.3) is 0 Å². The second-order valence-electron chi connectivity index (χ2n) is 10.4. The zero-order valence-electron chi connectivity index (χ0n) is 25.7. The topological polar surface area (TPSA) is 161 Å². The number of carboxylic acids is 2. The minimum atomic E-state index is -1.35. The van der Waals surface area contributed by atoms with Crippen LogP contribution in [-0.4, -0.2) is 142 Å². The Bertz CT molecular complexity index is 1280. The molecule has 0 radical (unpaired) electrons. The number of carboxylic acid groups (broad SMARTS) is 2. The number of hydrogen-bond donors (Lipinski definition) is 4. The molecule has 0 aromatic heterocycles. The highest BCUT2D eigenvalue weighted by Crippen LogP contribution is 2.31. The molecule has 14 nitrogen and oxygen atoms in total. The molecule has 1 fully saturated rings. The number of carbonyl (C=O) groups is 2. The zero-order valence-corrected chi connectivity index (χ0v) is 26.6. The van der Waals surface area contributed by atoms with Gasteiger partial charge in [-0.3, -0.25) is 9.80 Å². The van der Waals surface area contributed by atoms with Crippen LogP contribution in [0, 0.1) is 0 Å². The van der Waals surface area contributed by atoms with E-state index in [4.69, 9.17) is 40.6 Å². The Morgan fingerprint density at radius 1 is 0.565 bits per heavy atom. The normalized spacial score (nSPS) is 21.0. The van der Waals surface area contributed by atoms with Crippen LogP contribution in [0.3, 0.4) is 0 Å². The number of hydrogen-bond acceptors (Lipinski definition) is 11. The van der Waals surface area contributed by atoms with Gasteiger partial charge in [-0.25, -0.2) is 9.59 Å². The number of benzene rings is 2. The van der Waals surface area contributed by atoms with Crippen LogP contribution in [0.2, 0.25) is 0 Å². The van der Waals surface area contributed by atoms with Gasteiger partial charge in [0.2, 0.25) is 0 Å². The Morgan fingerprint density at radius 3 is 1.50 bits per heavy atom. The molecule has 5 rings (SSSR count). The van der Waals surface area contributed by atoms with Crippen molar-refractivity contribution in [1.29, 1.82) is 0 Å². The fraction of sp³-hybridized carbons (Fsp3) is 0.516. The van der Waals surface area contributed by atoms with Crippen LogP contribution in [-0.2, 0) is 18.9 Å². The van der Waals surface area contributed by atoms with E-state index in [1.807, 2.05) is 0 Å². The van der Waals surface area contributed by atoms with Crippen molar-refractivity contribution in [3.8, 4) is 11.5 Å². The number of rotatable bonds is 4. The predicted molar refractivity (Wildman–Crippen MR) is 174 cm³/mol. The van der Waals surface area contributed by atoms with E-state index in [9.17, 15) is 19.8 Å². The lowest BCUT2D eigenvalue weighted by atomic mass is 10.1. The SMILES string of the molecule is O=C(O)c1ccc(NC(=S)Nc2ccc3c(c2)OCCN2CCOCCOCCN(CCOCCOCC2)CCO3)cc1C(=O)O. The first-order valence-corrected chi connectivity index (χ1v) is 15.6. The predicted octanol–water partition coefficient (Wildman–Crippen LogP) is 2.35. The van der Waals surface area contributed by atoms with Crippen molar-refractivity contribution >= 4 is 40.6 Å². The Morgan fingerprint density at radius 2 is 1.00 bits per heavy atom. The highest BCUT2D eigenvalue weighted by atomic mass is 32.1. The average Bonchev–Trinajstić information content (AvgIpc) is 3.02. The first-order valence-electron chi connectivity index (χ1n) is 15.2. The van der Waals surface area contributed by atoms with Gasteiger partial charge in [0.05, 0.1) is 64.0 Å². The summed E-state index contributed by atoms with van der Waals surface area (Å²) in [6.45, 7) is 9.34. The molecule has 3 heterocycles. The van der Waals surface area contributed by atoms with E-state index in [1.54, 1.807) is 18.2 Å². The maximum absolute atomic E-state index is 11.6. The molecule has 0 saturated carbocycles. The molecule has 3 aliphatic rings. The Labute approximate surface area is 273 Å². The van der Waals surface area contributed by atoms with Crippen molar-refractivity contribution in [1.82, 2.24) is 9.80 Å². The molecule has 15 heteroatoms. The van der Waals surface area contributed by atoms with E-state index >= 15 is 0 Å². The summed E-state index contributed by atoms with van der Waals surface area (Å²) in [7, 11) is 0. The summed E-state index contributed by atoms with van der Waals surface area (Å²) in [4.78, 5) is 27.4. The van der Waals surface area contributed by atoms with Crippen molar-refractivity contribution in [2.24, 2.45) is 0 Å². The molecule has 2 aromatic rings. The summed E-state index contributed by atoms with van der Waals surface area (Å²) in [5.74, 6) is -1.58. The quantitative estimate of drug-likeness (QED) is 0.353. The number of nitrogens with zero attached hydrogens (tertiary/aromatic N) is 2. The fourth-order valence-electron chi connectivity index (χ4n) is 4.76. The van der Waals surface area contributed by atoms with E-state index in [0.29, 0.717) is 115 Å². The molecule has 0 unspecified atom stereocenters. The van der Waals surface area contributed by atoms with Crippen molar-refractivity contribution in [3.05, 3.63) is 47.5 Å². The standard InChI is InChI=1S/C31H42N4O10S/c36-29(37)25-3-1-23(21-26(25)30(38)39)32-31(46)33-24-2-4-27-28(22-24)45-16-10-35-7-13-42-19-17-40-11-5-34(9-15-44-27)6-12-41-18-20-43-14-8-35/h1-4,21-22H,5-20H2,(H,36,37)(H,38,39)(H2,32,33,46). The summed E-state index contributed by atoms with van der Waals surface area (Å²) in [5.41, 5.74) is 0.269. The van der Waals surface area contributed by atoms with Crippen LogP contribution < -0.4 is 20.1 Å². The number of nitrogens with one attached hydrogen (secondary N) is 2. The van der Waals surface area contributed by atoms with Crippen LogP contribution in [0.4, 0.5) is 11.4 Å². The van der Waals surface area contributed by atoms with Gasteiger partial charge in [-0.1, -0.05) is 0 Å². The molecule has 2 bridgehead atoms. The molecule has 0 aliphatic carbocycles. The summed E-state index contributed by atoms with van der Waals surface area (Å²) < 4.78 is 35.6. The van der Waals surface area contributed by atoms with Crippen LogP contribution in [0.25, 0.3) is 0 Å². The van der Waals surface area contributed by atoms with Crippen molar-refractivity contribution in [3.63, 3.8) is 0 Å². The largest absolute Gasteiger partial charge is 0.488 e. The third-order valence-corrected chi connectivity index (χ3v) is 7.43. The summed E-state index contributed by atoms with van der Waals surface area (Å²) >= 11 is 5.45. The van der Waals surface area contributed by atoms with Crippen LogP contribution in [0.5, 0.6) is 11.5 Å². The first kappa shape index (κ1) is 35.3. The molecule has 0 spiro atoms. The highest BCUT2D eigenvalue weighted by Gasteiger charge is 2.17. The van der Waals surface area contributed by atoms with Crippen LogP contribution >= 0.6 is 12.2 Å². The van der Waals surface area contributed by atoms with Gasteiger partial charge >= 0.3 is 11.9 Å². The summed E-state index contributed by atoms with van der Waals surface area (Å²) in [5, 5.41) is 24.9. The van der Waals surface area contributed by atoms with Gasteiger partial charge in [0.1, 0.15) is 13.2 Å². The van der Waals surface area contributed by atoms with Crippen molar-refractivity contribution < 1.29 is 48.2 Å². The molecular formula is C31H42N4O10S. The van der Waals surface area contributed by atoms with Crippen molar-refractivity contribution in [2.45, 2.75) is 0 Å². The van der Waals surface area contributed by atoms with Gasteiger partial charge in [0.15, 0.2) is 16.6 Å². The second kappa shape index (κ2) is 19.2. The Hall–Kier alpha value is -3.57. The summed E-state index contributed by atoms with van der Waals surface area (Å²) in [6.07, 6.45) is 0. The number of aromatic carboxylic acids is 2. The molecule has 0 amide bonds. The second-order valence-corrected chi connectivity index (χ2v) is 10.8. The minimum Gasteiger partial charge on any atom is -0.488 e. The molecule has 252 valence electrons. The van der Waals surface area contributed by atoms with Gasteiger partial charge in [-0.05, 0) is 42.5 Å². The molecule has 2 aromatic carbocycles. The zero-order chi connectivity index (χ0) is 32.6. The Balaban J connectivity index is 1.48. The third-order valence-electron chi connectivity index (χ3n) is 7.22. The highest BCUT2D eigenvalue weighted by molar-refractivity contribution is 7.80. The van der Waals surface area contributed by atoms with Gasteiger partial charge in [0, 0.05) is 56.7 Å². The average molecular weight is 663 g/mol. The molecule has 46 heavy (non-hydrogen) atoms. The monoisotopic (exact) mass is 662 g/mol. The third kappa shape index (κ3) is 12.0. The number of ether oxygens (including phenoxy) is 6. The molecule has 0 atom stereocenters. The van der Waals surface area contributed by atoms with Crippen LogP contribution in [0.15, 0.2) is 36.4 Å².